The smallest absolute Gasteiger partial charge is 0.265 e. The molecule has 0 bridgehead atoms. The van der Waals surface area contributed by atoms with Gasteiger partial charge in [0.15, 0.2) is 0 Å². The number of carbonyl (C=O) groups is 1. The van der Waals surface area contributed by atoms with Gasteiger partial charge in [0.2, 0.25) is 0 Å². The Morgan fingerprint density at radius 1 is 1.00 bits per heavy atom. The largest absolute Gasteiger partial charge is 0.507 e. The van der Waals surface area contributed by atoms with E-state index in [0.29, 0.717) is 6.54 Å². The van der Waals surface area contributed by atoms with Crippen molar-refractivity contribution < 1.29 is 15.0 Å². The second-order valence-electron chi connectivity index (χ2n) is 4.06. The number of para-hydroxylation sites is 1. The SMILES string of the molecule is CCN(C(=O)c1c(O)cccc1O)c1ccccc1. The van der Waals surface area contributed by atoms with Crippen LogP contribution in [0.2, 0.25) is 0 Å². The number of phenolic OH excluding ortho intramolecular Hbond substituents is 2. The summed E-state index contributed by atoms with van der Waals surface area (Å²) in [6, 6.07) is 13.4. The molecule has 0 heterocycles. The van der Waals surface area contributed by atoms with E-state index in [1.807, 2.05) is 25.1 Å². The molecular formula is C15H15NO3. The third-order valence-corrected chi connectivity index (χ3v) is 2.86. The van der Waals surface area contributed by atoms with Crippen molar-refractivity contribution in [3.8, 4) is 11.5 Å². The molecule has 0 spiro atoms. The molecule has 4 nitrogen and oxygen atoms in total. The Kier molecular flexibility index (Phi) is 3.71. The van der Waals surface area contributed by atoms with Gasteiger partial charge in [0.1, 0.15) is 17.1 Å². The average Bonchev–Trinajstić information content (AvgIpc) is 2.40. The van der Waals surface area contributed by atoms with E-state index >= 15 is 0 Å². The first-order valence-electron chi connectivity index (χ1n) is 6.03. The molecule has 0 saturated heterocycles. The highest BCUT2D eigenvalue weighted by molar-refractivity contribution is 6.09. The van der Waals surface area contributed by atoms with Crippen LogP contribution in [0.15, 0.2) is 48.5 Å². The normalized spacial score (nSPS) is 10.2. The number of hydrogen-bond donors (Lipinski definition) is 2. The van der Waals surface area contributed by atoms with Crippen LogP contribution < -0.4 is 4.90 Å². The Morgan fingerprint density at radius 2 is 1.58 bits per heavy atom. The maximum Gasteiger partial charge on any atom is 0.265 e. The second-order valence-corrected chi connectivity index (χ2v) is 4.06. The Balaban J connectivity index is 2.42. The summed E-state index contributed by atoms with van der Waals surface area (Å²) in [4.78, 5) is 13.9. The zero-order valence-corrected chi connectivity index (χ0v) is 10.6. The summed E-state index contributed by atoms with van der Waals surface area (Å²) in [5.41, 5.74) is 0.644. The van der Waals surface area contributed by atoms with E-state index in [4.69, 9.17) is 0 Å². The zero-order valence-electron chi connectivity index (χ0n) is 10.6. The Labute approximate surface area is 111 Å². The lowest BCUT2D eigenvalue weighted by Crippen LogP contribution is -2.30. The van der Waals surface area contributed by atoms with Gasteiger partial charge < -0.3 is 15.1 Å². The van der Waals surface area contributed by atoms with E-state index in [1.165, 1.54) is 23.1 Å². The molecule has 98 valence electrons. The minimum absolute atomic E-state index is 0.0757. The van der Waals surface area contributed by atoms with Crippen LogP contribution in [0.1, 0.15) is 17.3 Å². The van der Waals surface area contributed by atoms with Gasteiger partial charge in [0.25, 0.3) is 5.91 Å². The summed E-state index contributed by atoms with van der Waals surface area (Å²) in [6.45, 7) is 2.28. The molecule has 0 aromatic heterocycles. The van der Waals surface area contributed by atoms with Crippen molar-refractivity contribution in [3.63, 3.8) is 0 Å². The lowest BCUT2D eigenvalue weighted by Gasteiger charge is -2.21. The fourth-order valence-corrected chi connectivity index (χ4v) is 1.93. The van der Waals surface area contributed by atoms with Gasteiger partial charge >= 0.3 is 0 Å². The summed E-state index contributed by atoms with van der Waals surface area (Å²) < 4.78 is 0. The van der Waals surface area contributed by atoms with Crippen LogP contribution in [-0.2, 0) is 0 Å². The molecule has 19 heavy (non-hydrogen) atoms. The van der Waals surface area contributed by atoms with Crippen molar-refractivity contribution in [3.05, 3.63) is 54.1 Å². The van der Waals surface area contributed by atoms with Crippen molar-refractivity contribution in [2.75, 3.05) is 11.4 Å². The molecule has 4 heteroatoms. The fraction of sp³-hybridized carbons (Fsp3) is 0.133. The molecule has 0 unspecified atom stereocenters. The van der Waals surface area contributed by atoms with Crippen LogP contribution in [-0.4, -0.2) is 22.7 Å². The van der Waals surface area contributed by atoms with Gasteiger partial charge in [-0.3, -0.25) is 4.79 Å². The van der Waals surface area contributed by atoms with E-state index in [2.05, 4.69) is 0 Å². The lowest BCUT2D eigenvalue weighted by atomic mass is 10.1. The number of carbonyl (C=O) groups excluding carboxylic acids is 1. The molecule has 2 aromatic rings. The molecule has 0 aliphatic heterocycles. The summed E-state index contributed by atoms with van der Waals surface area (Å²) in [5, 5.41) is 19.5. The summed E-state index contributed by atoms with van der Waals surface area (Å²) >= 11 is 0. The molecule has 0 radical (unpaired) electrons. The summed E-state index contributed by atoms with van der Waals surface area (Å²) in [6.07, 6.45) is 0. The van der Waals surface area contributed by atoms with Gasteiger partial charge in [-0.05, 0) is 31.2 Å². The van der Waals surface area contributed by atoms with Crippen molar-refractivity contribution in [2.45, 2.75) is 6.92 Å². The van der Waals surface area contributed by atoms with Gasteiger partial charge in [0, 0.05) is 12.2 Å². The maximum absolute atomic E-state index is 12.4. The van der Waals surface area contributed by atoms with Gasteiger partial charge in [-0.1, -0.05) is 24.3 Å². The van der Waals surface area contributed by atoms with Gasteiger partial charge in [0.05, 0.1) is 0 Å². The molecular weight excluding hydrogens is 242 g/mol. The van der Waals surface area contributed by atoms with Crippen molar-refractivity contribution >= 4 is 11.6 Å². The third kappa shape index (κ3) is 2.52. The van der Waals surface area contributed by atoms with Crippen molar-refractivity contribution in [1.29, 1.82) is 0 Å². The molecule has 0 atom stereocenters. The molecule has 2 N–H and O–H groups in total. The first-order chi connectivity index (χ1) is 9.15. The van der Waals surface area contributed by atoms with Crippen LogP contribution in [0, 0.1) is 0 Å². The van der Waals surface area contributed by atoms with Crippen molar-refractivity contribution in [2.24, 2.45) is 0 Å². The highest BCUT2D eigenvalue weighted by atomic mass is 16.3. The molecule has 2 rings (SSSR count). The predicted molar refractivity (Wildman–Crippen MR) is 73.6 cm³/mol. The van der Waals surface area contributed by atoms with E-state index < -0.39 is 5.91 Å². The van der Waals surface area contributed by atoms with E-state index in [0.717, 1.165) is 5.69 Å². The van der Waals surface area contributed by atoms with Crippen LogP contribution in [0.4, 0.5) is 5.69 Å². The highest BCUT2D eigenvalue weighted by Crippen LogP contribution is 2.29. The fourth-order valence-electron chi connectivity index (χ4n) is 1.93. The highest BCUT2D eigenvalue weighted by Gasteiger charge is 2.22. The number of anilines is 1. The number of phenols is 2. The third-order valence-electron chi connectivity index (χ3n) is 2.86. The first kappa shape index (κ1) is 13.0. The van der Waals surface area contributed by atoms with Gasteiger partial charge in [-0.25, -0.2) is 0 Å². The van der Waals surface area contributed by atoms with Crippen LogP contribution >= 0.6 is 0 Å². The standard InChI is InChI=1S/C15H15NO3/c1-2-16(11-7-4-3-5-8-11)15(19)14-12(17)9-6-10-13(14)18/h3-10,17-18H,2H2,1H3. The first-order valence-corrected chi connectivity index (χ1v) is 6.03. The summed E-state index contributed by atoms with van der Waals surface area (Å²) in [7, 11) is 0. The quantitative estimate of drug-likeness (QED) is 0.888. The Morgan fingerprint density at radius 3 is 2.11 bits per heavy atom. The lowest BCUT2D eigenvalue weighted by molar-refractivity contribution is 0.0983. The Hall–Kier alpha value is -2.49. The van der Waals surface area contributed by atoms with Crippen molar-refractivity contribution in [1.82, 2.24) is 0 Å². The topological polar surface area (TPSA) is 60.8 Å². The molecule has 0 saturated carbocycles. The molecule has 1 amide bonds. The number of amides is 1. The summed E-state index contributed by atoms with van der Waals surface area (Å²) in [5.74, 6) is -0.872. The maximum atomic E-state index is 12.4. The van der Waals surface area contributed by atoms with E-state index in [-0.39, 0.29) is 17.1 Å². The molecule has 0 aliphatic rings. The van der Waals surface area contributed by atoms with Gasteiger partial charge in [-0.2, -0.15) is 0 Å². The van der Waals surface area contributed by atoms with Gasteiger partial charge in [-0.15, -0.1) is 0 Å². The zero-order chi connectivity index (χ0) is 13.8. The monoisotopic (exact) mass is 257 g/mol. The van der Waals surface area contributed by atoms with Crippen LogP contribution in [0.5, 0.6) is 11.5 Å². The predicted octanol–water partition coefficient (Wildman–Crippen LogP) is 2.76. The van der Waals surface area contributed by atoms with E-state index in [1.54, 1.807) is 12.1 Å². The van der Waals surface area contributed by atoms with E-state index in [9.17, 15) is 15.0 Å². The minimum atomic E-state index is -0.427. The van der Waals surface area contributed by atoms with Crippen LogP contribution in [0.3, 0.4) is 0 Å². The number of nitrogens with zero attached hydrogens (tertiary/aromatic N) is 1. The number of hydrogen-bond acceptors (Lipinski definition) is 3. The molecule has 0 aliphatic carbocycles. The average molecular weight is 257 g/mol. The minimum Gasteiger partial charge on any atom is -0.507 e. The van der Waals surface area contributed by atoms with Crippen LogP contribution in [0.25, 0.3) is 0 Å². The number of benzene rings is 2. The molecule has 2 aromatic carbocycles. The Bertz CT molecular complexity index is 561. The molecule has 0 fully saturated rings. The second kappa shape index (κ2) is 5.44. The number of rotatable bonds is 3. The number of aromatic hydroxyl groups is 2.